The van der Waals surface area contributed by atoms with Crippen LogP contribution in [0, 0.1) is 5.82 Å². The average molecular weight is 384 g/mol. The second kappa shape index (κ2) is 9.46. The third-order valence-corrected chi connectivity index (χ3v) is 4.74. The van der Waals surface area contributed by atoms with Gasteiger partial charge in [0.2, 0.25) is 5.91 Å². The molecule has 2 aromatic carbocycles. The highest BCUT2D eigenvalue weighted by molar-refractivity contribution is 5.94. The minimum atomic E-state index is -0.379. The molecule has 148 valence electrons. The summed E-state index contributed by atoms with van der Waals surface area (Å²) in [6.07, 6.45) is 0.763. The van der Waals surface area contributed by atoms with Crippen LogP contribution in [0.5, 0.6) is 0 Å². The van der Waals surface area contributed by atoms with Crippen LogP contribution in [0.4, 0.5) is 4.39 Å². The van der Waals surface area contributed by atoms with Crippen molar-refractivity contribution in [3.63, 3.8) is 0 Å². The maximum absolute atomic E-state index is 12.9. The van der Waals surface area contributed by atoms with Gasteiger partial charge < -0.3 is 15.0 Å². The summed E-state index contributed by atoms with van der Waals surface area (Å²) in [4.78, 5) is 26.4. The minimum Gasteiger partial charge on any atom is -0.367 e. The number of nitrogens with one attached hydrogen (secondary N) is 1. The Kier molecular flexibility index (Phi) is 6.76. The largest absolute Gasteiger partial charge is 0.367 e. The van der Waals surface area contributed by atoms with Gasteiger partial charge in [0.15, 0.2) is 0 Å². The van der Waals surface area contributed by atoms with Crippen molar-refractivity contribution in [2.45, 2.75) is 32.0 Å². The Morgan fingerprint density at radius 1 is 1.11 bits per heavy atom. The maximum atomic E-state index is 12.9. The Morgan fingerprint density at radius 2 is 1.82 bits per heavy atom. The van der Waals surface area contributed by atoms with Gasteiger partial charge in [-0.1, -0.05) is 30.3 Å². The Morgan fingerprint density at radius 3 is 2.54 bits per heavy atom. The van der Waals surface area contributed by atoms with Crippen molar-refractivity contribution in [2.75, 3.05) is 19.6 Å². The van der Waals surface area contributed by atoms with Crippen molar-refractivity contribution in [3.05, 3.63) is 71.5 Å². The number of ether oxygens (including phenoxy) is 1. The summed E-state index contributed by atoms with van der Waals surface area (Å²) < 4.78 is 18.9. The van der Waals surface area contributed by atoms with Crippen molar-refractivity contribution in [3.8, 4) is 0 Å². The molecule has 2 atom stereocenters. The Balaban J connectivity index is 1.45. The summed E-state index contributed by atoms with van der Waals surface area (Å²) in [6, 6.07) is 15.3. The molecule has 0 spiro atoms. The van der Waals surface area contributed by atoms with Crippen LogP contribution in [0.3, 0.4) is 0 Å². The Hall–Kier alpha value is -2.73. The molecule has 5 nitrogen and oxygen atoms in total. The summed E-state index contributed by atoms with van der Waals surface area (Å²) >= 11 is 0. The van der Waals surface area contributed by atoms with Gasteiger partial charge in [-0.2, -0.15) is 0 Å². The van der Waals surface area contributed by atoms with Gasteiger partial charge in [-0.15, -0.1) is 0 Å². The first-order valence-corrected chi connectivity index (χ1v) is 9.55. The second-order valence-corrected chi connectivity index (χ2v) is 7.01. The van der Waals surface area contributed by atoms with Crippen LogP contribution in [-0.4, -0.2) is 42.5 Å². The number of nitrogens with zero attached hydrogens (tertiary/aromatic N) is 1. The van der Waals surface area contributed by atoms with Crippen LogP contribution < -0.4 is 5.32 Å². The molecule has 0 radical (unpaired) electrons. The highest BCUT2D eigenvalue weighted by Gasteiger charge is 2.28. The van der Waals surface area contributed by atoms with Gasteiger partial charge in [-0.05, 0) is 43.2 Å². The number of carbonyl (C=O) groups is 2. The lowest BCUT2D eigenvalue weighted by atomic mass is 10.1. The molecule has 28 heavy (non-hydrogen) atoms. The number of halogens is 1. The molecule has 0 bridgehead atoms. The zero-order valence-corrected chi connectivity index (χ0v) is 15.9. The fourth-order valence-corrected chi connectivity index (χ4v) is 3.31. The van der Waals surface area contributed by atoms with E-state index in [4.69, 9.17) is 4.74 Å². The molecular formula is C22H25FN2O3. The summed E-state index contributed by atoms with van der Waals surface area (Å²) in [6.45, 7) is 3.47. The average Bonchev–Trinajstić information content (AvgIpc) is 2.71. The highest BCUT2D eigenvalue weighted by atomic mass is 19.1. The quantitative estimate of drug-likeness (QED) is 0.778. The number of amides is 2. The van der Waals surface area contributed by atoms with Gasteiger partial charge in [0.05, 0.1) is 12.6 Å². The lowest BCUT2D eigenvalue weighted by molar-refractivity contribution is -0.145. The van der Waals surface area contributed by atoms with E-state index in [9.17, 15) is 14.0 Å². The SMILES string of the molecule is CC1CN(C(=O)CCCNC(=O)c2ccc(F)cc2)CC(c2ccccc2)O1. The van der Waals surface area contributed by atoms with Crippen molar-refractivity contribution in [1.82, 2.24) is 10.2 Å². The highest BCUT2D eigenvalue weighted by Crippen LogP contribution is 2.25. The fraction of sp³-hybridized carbons (Fsp3) is 0.364. The van der Waals surface area contributed by atoms with E-state index in [1.807, 2.05) is 42.2 Å². The standard InChI is InChI=1S/C22H25FN2O3/c1-16-14-25(15-20(28-16)17-6-3-2-4-7-17)21(26)8-5-13-24-22(27)18-9-11-19(23)12-10-18/h2-4,6-7,9-12,16,20H,5,8,13-15H2,1H3,(H,24,27). The lowest BCUT2D eigenvalue weighted by Crippen LogP contribution is -2.46. The van der Waals surface area contributed by atoms with Gasteiger partial charge in [-0.3, -0.25) is 9.59 Å². The molecule has 1 fully saturated rings. The first-order chi connectivity index (χ1) is 13.5. The second-order valence-electron chi connectivity index (χ2n) is 7.01. The molecular weight excluding hydrogens is 359 g/mol. The van der Waals surface area contributed by atoms with E-state index in [1.165, 1.54) is 24.3 Å². The molecule has 1 heterocycles. The molecule has 0 aliphatic carbocycles. The lowest BCUT2D eigenvalue weighted by Gasteiger charge is -2.37. The third kappa shape index (κ3) is 5.39. The first-order valence-electron chi connectivity index (χ1n) is 9.55. The van der Waals surface area contributed by atoms with Crippen molar-refractivity contribution < 1.29 is 18.7 Å². The summed E-state index contributed by atoms with van der Waals surface area (Å²) in [5, 5.41) is 2.76. The molecule has 2 amide bonds. The third-order valence-electron chi connectivity index (χ3n) is 4.74. The molecule has 6 heteroatoms. The van der Waals surface area contributed by atoms with E-state index in [0.717, 1.165) is 5.56 Å². The summed E-state index contributed by atoms with van der Waals surface area (Å²) in [5.74, 6) is -0.584. The van der Waals surface area contributed by atoms with Gasteiger partial charge in [0.25, 0.3) is 5.91 Å². The van der Waals surface area contributed by atoms with E-state index in [0.29, 0.717) is 38.0 Å². The van der Waals surface area contributed by atoms with Crippen LogP contribution in [-0.2, 0) is 9.53 Å². The van der Waals surface area contributed by atoms with Gasteiger partial charge in [-0.25, -0.2) is 4.39 Å². The van der Waals surface area contributed by atoms with Crippen molar-refractivity contribution in [2.24, 2.45) is 0 Å². The zero-order chi connectivity index (χ0) is 19.9. The Bertz CT molecular complexity index is 795. The molecule has 1 N–H and O–H groups in total. The smallest absolute Gasteiger partial charge is 0.251 e. The number of hydrogen-bond acceptors (Lipinski definition) is 3. The zero-order valence-electron chi connectivity index (χ0n) is 15.9. The van der Waals surface area contributed by atoms with E-state index in [1.54, 1.807) is 0 Å². The number of hydrogen-bond donors (Lipinski definition) is 1. The van der Waals surface area contributed by atoms with Crippen LogP contribution in [0.2, 0.25) is 0 Å². The fourth-order valence-electron chi connectivity index (χ4n) is 3.31. The first kappa shape index (κ1) is 20.0. The van der Waals surface area contributed by atoms with Gasteiger partial charge in [0.1, 0.15) is 11.9 Å². The number of morpholine rings is 1. The number of carbonyl (C=O) groups excluding carboxylic acids is 2. The normalized spacial score (nSPS) is 19.3. The van der Waals surface area contributed by atoms with E-state index >= 15 is 0 Å². The molecule has 3 rings (SSSR count). The summed E-state index contributed by atoms with van der Waals surface area (Å²) in [5.41, 5.74) is 1.47. The van der Waals surface area contributed by atoms with E-state index < -0.39 is 0 Å². The van der Waals surface area contributed by atoms with E-state index in [-0.39, 0.29) is 29.8 Å². The topological polar surface area (TPSA) is 58.6 Å². The molecule has 0 saturated carbocycles. The molecule has 1 aliphatic rings. The predicted molar refractivity (Wildman–Crippen MR) is 104 cm³/mol. The molecule has 2 unspecified atom stereocenters. The van der Waals surface area contributed by atoms with Crippen molar-refractivity contribution in [1.29, 1.82) is 0 Å². The predicted octanol–water partition coefficient (Wildman–Crippen LogP) is 3.32. The van der Waals surface area contributed by atoms with Crippen LogP contribution >= 0.6 is 0 Å². The Labute approximate surface area is 164 Å². The maximum Gasteiger partial charge on any atom is 0.251 e. The summed E-state index contributed by atoms with van der Waals surface area (Å²) in [7, 11) is 0. The minimum absolute atomic E-state index is 0.0268. The molecule has 1 aliphatic heterocycles. The van der Waals surface area contributed by atoms with E-state index in [2.05, 4.69) is 5.32 Å². The molecule has 0 aromatic heterocycles. The van der Waals surface area contributed by atoms with Crippen molar-refractivity contribution >= 4 is 11.8 Å². The molecule has 1 saturated heterocycles. The molecule has 2 aromatic rings. The number of rotatable bonds is 6. The monoisotopic (exact) mass is 384 g/mol. The van der Waals surface area contributed by atoms with Crippen LogP contribution in [0.25, 0.3) is 0 Å². The number of benzene rings is 2. The van der Waals surface area contributed by atoms with Crippen LogP contribution in [0.15, 0.2) is 54.6 Å². The van der Waals surface area contributed by atoms with Gasteiger partial charge in [0, 0.05) is 25.1 Å². The van der Waals surface area contributed by atoms with Gasteiger partial charge >= 0.3 is 0 Å². The van der Waals surface area contributed by atoms with Crippen LogP contribution in [0.1, 0.15) is 41.8 Å².